The number of allylic oxidation sites excluding steroid dienone is 1. The summed E-state index contributed by atoms with van der Waals surface area (Å²) in [7, 11) is 2.51. The number of aromatic nitrogens is 2. The van der Waals surface area contributed by atoms with Gasteiger partial charge in [0, 0.05) is 42.7 Å². The zero-order valence-corrected chi connectivity index (χ0v) is 19.6. The van der Waals surface area contributed by atoms with Gasteiger partial charge in [-0.2, -0.15) is 13.2 Å². The van der Waals surface area contributed by atoms with Crippen LogP contribution in [0.25, 0.3) is 11.1 Å². The fraction of sp³-hybridized carbons (Fsp3) is 0.375. The molecule has 1 unspecified atom stereocenters. The first-order valence-electron chi connectivity index (χ1n) is 11.0. The molecule has 36 heavy (non-hydrogen) atoms. The first-order chi connectivity index (χ1) is 17.0. The third-order valence-corrected chi connectivity index (χ3v) is 6.38. The Labute approximate surface area is 204 Å². The Morgan fingerprint density at radius 1 is 1.28 bits per heavy atom. The molecule has 4 rings (SSSR count). The number of hydrogen-bond donors (Lipinski definition) is 1. The lowest BCUT2D eigenvalue weighted by molar-refractivity contribution is -0.156. The number of primary amides is 1. The van der Waals surface area contributed by atoms with Gasteiger partial charge in [0.1, 0.15) is 18.0 Å². The standard InChI is InChI=1S/C24H24F3N5O4/c1-32(13-24(25,26)27)20(33)18-6-7-23(12-31-18,21(28)34)15-8-17-16(4-3-5-19(17)36-11-15)14-9-29-22(35-2)30-10-14/h3-6,9-10,12,15H,7-8,11,13H2,1-2H3,(H2,28,34)/t15-,23?/m1/s1. The minimum absolute atomic E-state index is 0.00391. The zero-order valence-electron chi connectivity index (χ0n) is 19.6. The van der Waals surface area contributed by atoms with Crippen molar-refractivity contribution in [2.24, 2.45) is 22.1 Å². The predicted molar refractivity (Wildman–Crippen MR) is 123 cm³/mol. The lowest BCUT2D eigenvalue weighted by Crippen LogP contribution is -2.49. The summed E-state index contributed by atoms with van der Waals surface area (Å²) in [6.45, 7) is -1.25. The van der Waals surface area contributed by atoms with Crippen molar-refractivity contribution in [3.63, 3.8) is 0 Å². The number of methoxy groups -OCH3 is 1. The van der Waals surface area contributed by atoms with E-state index < -0.39 is 35.9 Å². The molecule has 1 aromatic carbocycles. The SMILES string of the molecule is COc1ncc(-c2cccc3c2C[C@@H](C2(C(N)=O)C=NC(C(=O)N(C)CC(F)(F)F)=CC2)CO3)cn1. The van der Waals surface area contributed by atoms with Crippen LogP contribution in [0.4, 0.5) is 13.2 Å². The number of benzene rings is 1. The van der Waals surface area contributed by atoms with Gasteiger partial charge >= 0.3 is 12.2 Å². The number of nitrogens with two attached hydrogens (primary N) is 1. The van der Waals surface area contributed by atoms with Crippen LogP contribution in [0.3, 0.4) is 0 Å². The Morgan fingerprint density at radius 2 is 2.00 bits per heavy atom. The number of hydrogen-bond acceptors (Lipinski definition) is 7. The highest BCUT2D eigenvalue weighted by Crippen LogP contribution is 2.43. The summed E-state index contributed by atoms with van der Waals surface area (Å²) in [4.78, 5) is 38.0. The van der Waals surface area contributed by atoms with Crippen molar-refractivity contribution in [1.29, 1.82) is 0 Å². The van der Waals surface area contributed by atoms with Gasteiger partial charge in [-0.3, -0.25) is 14.6 Å². The average molecular weight is 503 g/mol. The number of nitrogens with zero attached hydrogens (tertiary/aromatic N) is 4. The third kappa shape index (κ3) is 4.88. The van der Waals surface area contributed by atoms with E-state index in [1.807, 2.05) is 18.2 Å². The summed E-state index contributed by atoms with van der Waals surface area (Å²) < 4.78 is 49.0. The maximum atomic E-state index is 12.7. The summed E-state index contributed by atoms with van der Waals surface area (Å²) in [5.41, 5.74) is 6.71. The lowest BCUT2D eigenvalue weighted by Gasteiger charge is -2.39. The maximum absolute atomic E-state index is 12.7. The maximum Gasteiger partial charge on any atom is 0.406 e. The molecule has 2 aromatic rings. The van der Waals surface area contributed by atoms with Crippen LogP contribution in [0.5, 0.6) is 11.8 Å². The zero-order chi connectivity index (χ0) is 26.1. The van der Waals surface area contributed by atoms with Gasteiger partial charge in [0.25, 0.3) is 5.91 Å². The Hall–Kier alpha value is -3.96. The molecular weight excluding hydrogens is 479 g/mol. The molecule has 0 spiro atoms. The van der Waals surface area contributed by atoms with E-state index in [2.05, 4.69) is 15.0 Å². The summed E-state index contributed by atoms with van der Waals surface area (Å²) in [5.74, 6) is -1.35. The number of ether oxygens (including phenoxy) is 2. The highest BCUT2D eigenvalue weighted by Gasteiger charge is 2.46. The minimum atomic E-state index is -4.54. The topological polar surface area (TPSA) is 120 Å². The van der Waals surface area contributed by atoms with Gasteiger partial charge < -0.3 is 20.1 Å². The van der Waals surface area contributed by atoms with Crippen molar-refractivity contribution in [1.82, 2.24) is 14.9 Å². The van der Waals surface area contributed by atoms with E-state index >= 15 is 0 Å². The molecule has 2 atom stereocenters. The van der Waals surface area contributed by atoms with Gasteiger partial charge in [0.05, 0.1) is 19.1 Å². The van der Waals surface area contributed by atoms with Crippen LogP contribution in [-0.4, -0.2) is 66.4 Å². The van der Waals surface area contributed by atoms with Gasteiger partial charge in [0.15, 0.2) is 0 Å². The number of carbonyl (C=O) groups excluding carboxylic acids is 2. The molecule has 2 aliphatic rings. The van der Waals surface area contributed by atoms with E-state index in [0.717, 1.165) is 23.7 Å². The van der Waals surface area contributed by atoms with Gasteiger partial charge in [-0.05, 0) is 24.5 Å². The van der Waals surface area contributed by atoms with Crippen molar-refractivity contribution in [2.45, 2.75) is 19.0 Å². The number of amides is 2. The van der Waals surface area contributed by atoms with Crippen molar-refractivity contribution >= 4 is 18.0 Å². The van der Waals surface area contributed by atoms with Crippen molar-refractivity contribution in [3.8, 4) is 22.9 Å². The summed E-state index contributed by atoms with van der Waals surface area (Å²) in [5, 5.41) is 0. The van der Waals surface area contributed by atoms with E-state index in [1.54, 1.807) is 12.4 Å². The van der Waals surface area contributed by atoms with Crippen LogP contribution in [0.15, 0.2) is 47.4 Å². The van der Waals surface area contributed by atoms with Crippen molar-refractivity contribution in [3.05, 3.63) is 47.9 Å². The van der Waals surface area contributed by atoms with Gasteiger partial charge in [-0.25, -0.2) is 9.97 Å². The second-order valence-electron chi connectivity index (χ2n) is 8.69. The summed E-state index contributed by atoms with van der Waals surface area (Å²) in [6.07, 6.45) is 1.74. The number of alkyl halides is 3. The number of carbonyl (C=O) groups is 2. The second-order valence-corrected chi connectivity index (χ2v) is 8.69. The Bertz CT molecular complexity index is 1230. The number of aliphatic imine (C=N–C) groups is 1. The Morgan fingerprint density at radius 3 is 2.58 bits per heavy atom. The number of fused-ring (bicyclic) bond motifs is 1. The number of halogens is 3. The molecule has 12 heteroatoms. The lowest BCUT2D eigenvalue weighted by atomic mass is 9.68. The molecule has 9 nitrogen and oxygen atoms in total. The van der Waals surface area contributed by atoms with Crippen LogP contribution in [0.1, 0.15) is 12.0 Å². The highest BCUT2D eigenvalue weighted by molar-refractivity contribution is 6.02. The normalized spacial score (nSPS) is 21.1. The monoisotopic (exact) mass is 503 g/mol. The fourth-order valence-corrected chi connectivity index (χ4v) is 4.44. The van der Waals surface area contributed by atoms with E-state index in [9.17, 15) is 22.8 Å². The molecule has 0 bridgehead atoms. The minimum Gasteiger partial charge on any atom is -0.493 e. The summed E-state index contributed by atoms with van der Waals surface area (Å²) in [6, 6.07) is 5.76. The molecular formula is C24H24F3N5O4. The van der Waals surface area contributed by atoms with Crippen molar-refractivity contribution < 1.29 is 32.2 Å². The fourth-order valence-electron chi connectivity index (χ4n) is 4.44. The Kier molecular flexibility index (Phi) is 6.70. The second kappa shape index (κ2) is 9.59. The van der Waals surface area contributed by atoms with Crippen LogP contribution < -0.4 is 15.2 Å². The number of rotatable bonds is 6. The van der Waals surface area contributed by atoms with Crippen molar-refractivity contribution in [2.75, 3.05) is 27.3 Å². The molecule has 0 saturated carbocycles. The van der Waals surface area contributed by atoms with Crippen LogP contribution >= 0.6 is 0 Å². The third-order valence-electron chi connectivity index (χ3n) is 6.38. The molecule has 2 N–H and O–H groups in total. The quantitative estimate of drug-likeness (QED) is 0.647. The van der Waals surface area contributed by atoms with Crippen LogP contribution in [0.2, 0.25) is 0 Å². The highest BCUT2D eigenvalue weighted by atomic mass is 19.4. The van der Waals surface area contributed by atoms with Crippen LogP contribution in [0, 0.1) is 11.3 Å². The van der Waals surface area contributed by atoms with E-state index in [0.29, 0.717) is 17.1 Å². The molecule has 3 heterocycles. The molecule has 0 radical (unpaired) electrons. The molecule has 2 amide bonds. The number of likely N-dealkylation sites (N-methyl/N-ethyl adjacent to an activating group) is 1. The Balaban J connectivity index is 1.60. The first-order valence-corrected chi connectivity index (χ1v) is 11.0. The van der Waals surface area contributed by atoms with E-state index in [1.165, 1.54) is 19.4 Å². The molecule has 190 valence electrons. The van der Waals surface area contributed by atoms with Gasteiger partial charge in [-0.1, -0.05) is 18.2 Å². The molecule has 2 aliphatic heterocycles. The first kappa shape index (κ1) is 25.1. The molecule has 1 aromatic heterocycles. The van der Waals surface area contributed by atoms with Gasteiger partial charge in [-0.15, -0.1) is 0 Å². The molecule has 0 saturated heterocycles. The molecule has 0 fully saturated rings. The van der Waals surface area contributed by atoms with Gasteiger partial charge in [0.2, 0.25) is 5.91 Å². The molecule has 0 aliphatic carbocycles. The van der Waals surface area contributed by atoms with E-state index in [4.69, 9.17) is 15.2 Å². The summed E-state index contributed by atoms with van der Waals surface area (Å²) >= 11 is 0. The van der Waals surface area contributed by atoms with E-state index in [-0.39, 0.29) is 24.7 Å². The predicted octanol–water partition coefficient (Wildman–Crippen LogP) is 2.55. The smallest absolute Gasteiger partial charge is 0.406 e. The largest absolute Gasteiger partial charge is 0.493 e. The van der Waals surface area contributed by atoms with Crippen LogP contribution in [-0.2, 0) is 16.0 Å². The average Bonchev–Trinajstić information content (AvgIpc) is 2.86.